The second kappa shape index (κ2) is 16.1. The summed E-state index contributed by atoms with van der Waals surface area (Å²) in [5.74, 6) is 0.0220. The van der Waals surface area contributed by atoms with E-state index in [4.69, 9.17) is 0 Å². The molecular weight excluding hydrogens is 953 g/mol. The molecule has 75 heavy (non-hydrogen) atoms. The number of hydrogen-bond donors (Lipinski definition) is 0. The van der Waals surface area contributed by atoms with Crippen LogP contribution in [0.5, 0.6) is 0 Å². The lowest BCUT2D eigenvalue weighted by atomic mass is 9.90. The van der Waals surface area contributed by atoms with Gasteiger partial charge in [-0.2, -0.15) is 31.6 Å². The van der Waals surface area contributed by atoms with Gasteiger partial charge in [0.2, 0.25) is 0 Å². The highest BCUT2D eigenvalue weighted by Gasteiger charge is 2.40. The Morgan fingerprint density at radius 2 is 0.747 bits per heavy atom. The van der Waals surface area contributed by atoms with Gasteiger partial charge in [0.1, 0.15) is 11.6 Å². The summed E-state index contributed by atoms with van der Waals surface area (Å²) < 4.78 is 102. The Labute approximate surface area is 424 Å². The van der Waals surface area contributed by atoms with Gasteiger partial charge in [0.25, 0.3) is 0 Å². The Bertz CT molecular complexity index is 4450. The molecule has 1 aliphatic rings. The van der Waals surface area contributed by atoms with E-state index < -0.39 is 23.5 Å². The number of hydrogen-bond acceptors (Lipinski definition) is 1. The van der Waals surface area contributed by atoms with Crippen LogP contribution in [0.25, 0.3) is 116 Å². The average Bonchev–Trinajstić information content (AvgIpc) is 4.17. The average molecular weight is 992 g/mol. The molecule has 0 spiro atoms. The van der Waals surface area contributed by atoms with Crippen molar-refractivity contribution in [3.63, 3.8) is 0 Å². The molecule has 4 aromatic heterocycles. The number of benzene rings is 9. The van der Waals surface area contributed by atoms with E-state index in [0.29, 0.717) is 50.7 Å². The number of nitrogens with zero attached hydrogens (tertiary/aromatic N) is 5. The Morgan fingerprint density at radius 1 is 0.427 bits per heavy atom. The SMILES string of the molecule is CC1C=Cc2c(n(-c3c(C#N)c(-n4c5ccccc5c5ccccc54)c(-n4c5ccccc5c5ccccc54)c(-c4cc(C(F)(F)F)cc(C(F)(F)F)c4)c3-n3c4ccccc4c4ccccc43)c3ccccc23)C1. The number of fused-ring (bicyclic) bond motifs is 12. The van der Waals surface area contributed by atoms with Crippen LogP contribution < -0.4 is 0 Å². The fourth-order valence-corrected chi connectivity index (χ4v) is 12.1. The van der Waals surface area contributed by atoms with Crippen LogP contribution in [0.15, 0.2) is 194 Å². The number of alkyl halides is 6. The summed E-state index contributed by atoms with van der Waals surface area (Å²) in [5.41, 5.74) is 4.22. The van der Waals surface area contributed by atoms with Gasteiger partial charge in [0, 0.05) is 54.5 Å². The molecule has 0 amide bonds. The lowest BCUT2D eigenvalue weighted by molar-refractivity contribution is -0.143. The van der Waals surface area contributed by atoms with Crippen LogP contribution >= 0.6 is 0 Å². The van der Waals surface area contributed by atoms with Crippen LogP contribution in [0.2, 0.25) is 0 Å². The van der Waals surface area contributed by atoms with Crippen LogP contribution in [0, 0.1) is 17.2 Å². The Hall–Kier alpha value is -9.27. The predicted molar refractivity (Wildman–Crippen MR) is 288 cm³/mol. The van der Waals surface area contributed by atoms with Crippen molar-refractivity contribution in [3.8, 4) is 39.9 Å². The van der Waals surface area contributed by atoms with Crippen molar-refractivity contribution in [1.82, 2.24) is 18.3 Å². The first kappa shape index (κ1) is 44.4. The molecule has 0 saturated heterocycles. The van der Waals surface area contributed by atoms with E-state index in [2.05, 4.69) is 29.7 Å². The molecule has 0 fully saturated rings. The quantitative estimate of drug-likeness (QED) is 0.158. The molecule has 0 N–H and O–H groups in total. The third-order valence-corrected chi connectivity index (χ3v) is 15.1. The van der Waals surface area contributed by atoms with Crippen LogP contribution in [0.4, 0.5) is 26.3 Å². The van der Waals surface area contributed by atoms with E-state index in [-0.39, 0.29) is 45.7 Å². The highest BCUT2D eigenvalue weighted by atomic mass is 19.4. The summed E-state index contributed by atoms with van der Waals surface area (Å²) in [5, 5.41) is 18.3. The fourth-order valence-electron chi connectivity index (χ4n) is 12.1. The van der Waals surface area contributed by atoms with Gasteiger partial charge in [-0.25, -0.2) is 0 Å². The number of rotatable bonds is 5. The summed E-state index contributed by atoms with van der Waals surface area (Å²) in [6, 6.07) is 58.5. The van der Waals surface area contributed by atoms with Crippen molar-refractivity contribution < 1.29 is 26.3 Å². The van der Waals surface area contributed by atoms with E-state index in [1.54, 1.807) is 0 Å². The highest BCUT2D eigenvalue weighted by molar-refractivity contribution is 6.16. The first-order valence-electron chi connectivity index (χ1n) is 24.6. The molecule has 362 valence electrons. The topological polar surface area (TPSA) is 43.5 Å². The number of aromatic nitrogens is 4. The smallest absolute Gasteiger partial charge is 0.310 e. The molecule has 9 aromatic carbocycles. The number of allylic oxidation sites excluding steroid dienone is 1. The van der Waals surface area contributed by atoms with Gasteiger partial charge in [-0.1, -0.05) is 146 Å². The molecule has 4 heterocycles. The van der Waals surface area contributed by atoms with Gasteiger partial charge in [-0.3, -0.25) is 0 Å². The Kier molecular flexibility index (Phi) is 9.55. The summed E-state index contributed by atoms with van der Waals surface area (Å²) in [7, 11) is 0. The third-order valence-electron chi connectivity index (χ3n) is 15.1. The minimum atomic E-state index is -5.21. The Balaban J connectivity index is 1.38. The maximum atomic E-state index is 15.7. The van der Waals surface area contributed by atoms with E-state index in [9.17, 15) is 5.26 Å². The van der Waals surface area contributed by atoms with Crippen LogP contribution in [-0.4, -0.2) is 18.3 Å². The normalized spacial score (nSPS) is 14.1. The zero-order valence-electron chi connectivity index (χ0n) is 39.8. The van der Waals surface area contributed by atoms with Crippen LogP contribution in [0.1, 0.15) is 34.9 Å². The second-order valence-corrected chi connectivity index (χ2v) is 19.4. The van der Waals surface area contributed by atoms with E-state index in [1.807, 2.05) is 184 Å². The minimum absolute atomic E-state index is 0.0220. The molecule has 14 rings (SSSR count). The molecule has 1 unspecified atom stereocenters. The maximum absolute atomic E-state index is 15.7. The maximum Gasteiger partial charge on any atom is 0.416 e. The van der Waals surface area contributed by atoms with Gasteiger partial charge in [-0.15, -0.1) is 0 Å². The molecular formula is C64H39F6N5. The van der Waals surface area contributed by atoms with Gasteiger partial charge < -0.3 is 18.3 Å². The van der Waals surface area contributed by atoms with Crippen molar-refractivity contribution >= 4 is 82.4 Å². The minimum Gasteiger partial charge on any atom is -0.310 e. The molecule has 0 radical (unpaired) electrons. The second-order valence-electron chi connectivity index (χ2n) is 19.4. The molecule has 5 nitrogen and oxygen atoms in total. The van der Waals surface area contributed by atoms with Crippen molar-refractivity contribution in [2.75, 3.05) is 0 Å². The highest BCUT2D eigenvalue weighted by Crippen LogP contribution is 2.53. The van der Waals surface area contributed by atoms with Gasteiger partial charge in [0.15, 0.2) is 0 Å². The molecule has 0 bridgehead atoms. The van der Waals surface area contributed by atoms with Gasteiger partial charge in [0.05, 0.1) is 72.5 Å². The summed E-state index contributed by atoms with van der Waals surface area (Å²) in [4.78, 5) is 0. The van der Waals surface area contributed by atoms with Crippen molar-refractivity contribution in [3.05, 3.63) is 222 Å². The largest absolute Gasteiger partial charge is 0.416 e. The van der Waals surface area contributed by atoms with Gasteiger partial charge >= 0.3 is 12.4 Å². The molecule has 1 aliphatic carbocycles. The molecule has 1 atom stereocenters. The molecule has 0 aliphatic heterocycles. The van der Waals surface area contributed by atoms with E-state index >= 15 is 26.3 Å². The van der Waals surface area contributed by atoms with Crippen LogP contribution in [-0.2, 0) is 18.8 Å². The molecule has 11 heteroatoms. The van der Waals surface area contributed by atoms with E-state index in [1.165, 1.54) is 0 Å². The fraction of sp³-hybridized carbons (Fsp3) is 0.0781. The summed E-state index contributed by atoms with van der Waals surface area (Å²) in [6.45, 7) is 2.10. The monoisotopic (exact) mass is 991 g/mol. The summed E-state index contributed by atoms with van der Waals surface area (Å²) in [6.07, 6.45) is -5.69. The Morgan fingerprint density at radius 3 is 1.11 bits per heavy atom. The van der Waals surface area contributed by atoms with Crippen LogP contribution in [0.3, 0.4) is 0 Å². The number of halogens is 6. The standard InChI is InChI=1S/C64H39F6N5/c1-37-30-31-48-47-22-8-15-29-56(47)75(57(48)32-37)60-49(36-71)59(72-50-23-9-2-16-41(50)42-17-3-10-24-51(42)72)61(73-52-25-11-4-18-43(52)44-19-5-12-26-53(44)73)58(38-33-39(63(65,66)67)35-40(34-38)64(68,69)70)62(60)74-54-27-13-6-20-45(54)46-21-7-14-28-55(46)74/h2-31,33-35,37H,32H2,1H3. The lowest BCUT2D eigenvalue weighted by Crippen LogP contribution is -2.18. The van der Waals surface area contributed by atoms with Crippen molar-refractivity contribution in [2.24, 2.45) is 5.92 Å². The first-order valence-corrected chi connectivity index (χ1v) is 24.6. The zero-order valence-corrected chi connectivity index (χ0v) is 39.8. The molecule has 0 saturated carbocycles. The van der Waals surface area contributed by atoms with Crippen molar-refractivity contribution in [2.45, 2.75) is 25.7 Å². The zero-order chi connectivity index (χ0) is 51.1. The number of nitriles is 1. The third kappa shape index (κ3) is 6.45. The van der Waals surface area contributed by atoms with Crippen molar-refractivity contribution in [1.29, 1.82) is 5.26 Å². The van der Waals surface area contributed by atoms with Gasteiger partial charge in [-0.05, 0) is 78.6 Å². The first-order chi connectivity index (χ1) is 36.4. The molecule has 13 aromatic rings. The lowest BCUT2D eigenvalue weighted by Gasteiger charge is -2.30. The summed E-state index contributed by atoms with van der Waals surface area (Å²) >= 11 is 0. The predicted octanol–water partition coefficient (Wildman–Crippen LogP) is 17.7. The van der Waals surface area contributed by atoms with E-state index in [0.717, 1.165) is 61.1 Å². The number of para-hydroxylation sites is 7.